The number of benzene rings is 1. The fraction of sp³-hybridized carbons (Fsp3) is 0.556. The van der Waals surface area contributed by atoms with Crippen LogP contribution in [0.5, 0.6) is 0 Å². The molecule has 0 bridgehead atoms. The van der Waals surface area contributed by atoms with Gasteiger partial charge in [0.1, 0.15) is 0 Å². The van der Waals surface area contributed by atoms with Gasteiger partial charge in [-0.2, -0.15) is 0 Å². The lowest BCUT2D eigenvalue weighted by Crippen LogP contribution is -2.30. The third-order valence-corrected chi connectivity index (χ3v) is 4.95. The predicted octanol–water partition coefficient (Wildman–Crippen LogP) is 4.23. The number of nitrogens with one attached hydrogen (secondary N) is 1. The first-order valence-corrected chi connectivity index (χ1v) is 9.45. The number of thioether (sulfide) groups is 1. The van der Waals surface area contributed by atoms with Crippen molar-refractivity contribution in [2.75, 3.05) is 6.54 Å². The molecule has 4 nitrogen and oxygen atoms in total. The van der Waals surface area contributed by atoms with Crippen molar-refractivity contribution in [1.29, 1.82) is 0 Å². The third-order valence-electron chi connectivity index (χ3n) is 3.86. The highest BCUT2D eigenvalue weighted by Crippen LogP contribution is 2.28. The Balaban J connectivity index is 2.18. The zero-order valence-electron chi connectivity index (χ0n) is 14.3. The molecule has 126 valence electrons. The first-order chi connectivity index (χ1) is 11.2. The molecule has 0 aliphatic carbocycles. The number of carbonyl (C=O) groups is 1. The van der Waals surface area contributed by atoms with Crippen molar-refractivity contribution in [1.82, 2.24) is 14.9 Å². The van der Waals surface area contributed by atoms with Crippen molar-refractivity contribution in [2.45, 2.75) is 63.4 Å². The lowest BCUT2D eigenvalue weighted by atomic mass is 10.2. The van der Waals surface area contributed by atoms with Gasteiger partial charge < -0.3 is 9.88 Å². The molecule has 1 N–H and O–H groups in total. The highest BCUT2D eigenvalue weighted by molar-refractivity contribution is 8.00. The minimum absolute atomic E-state index is 0.0714. The summed E-state index contributed by atoms with van der Waals surface area (Å²) in [5, 5.41) is 3.69. The zero-order valence-corrected chi connectivity index (χ0v) is 15.2. The molecule has 1 unspecified atom stereocenters. The van der Waals surface area contributed by atoms with Crippen molar-refractivity contribution in [2.24, 2.45) is 0 Å². The van der Waals surface area contributed by atoms with Crippen LogP contribution in [0.2, 0.25) is 0 Å². The Labute approximate surface area is 143 Å². The molecule has 0 aliphatic rings. The van der Waals surface area contributed by atoms with Crippen LogP contribution in [-0.4, -0.2) is 27.3 Å². The molecule has 1 aromatic heterocycles. The zero-order chi connectivity index (χ0) is 16.7. The Bertz CT molecular complexity index is 638. The largest absolute Gasteiger partial charge is 0.355 e. The molecule has 0 saturated heterocycles. The number of nitrogens with zero attached hydrogens (tertiary/aromatic N) is 2. The summed E-state index contributed by atoms with van der Waals surface area (Å²) in [5.74, 6) is 0.0714. The summed E-state index contributed by atoms with van der Waals surface area (Å²) in [7, 11) is 0. The van der Waals surface area contributed by atoms with Crippen LogP contribution in [0, 0.1) is 0 Å². The molecule has 0 spiro atoms. The topological polar surface area (TPSA) is 46.9 Å². The molecule has 1 heterocycles. The Morgan fingerprint density at radius 1 is 1.26 bits per heavy atom. The van der Waals surface area contributed by atoms with Gasteiger partial charge in [0.05, 0.1) is 16.3 Å². The molecule has 23 heavy (non-hydrogen) atoms. The van der Waals surface area contributed by atoms with E-state index in [1.165, 1.54) is 19.3 Å². The quantitative estimate of drug-likeness (QED) is 0.552. The molecule has 0 aliphatic heterocycles. The second kappa shape index (κ2) is 8.96. The second-order valence-corrected chi connectivity index (χ2v) is 7.06. The van der Waals surface area contributed by atoms with Crippen molar-refractivity contribution < 1.29 is 4.79 Å². The number of amides is 1. The summed E-state index contributed by atoms with van der Waals surface area (Å²) in [5.41, 5.74) is 2.17. The minimum atomic E-state index is -0.138. The number of rotatable bonds is 9. The molecular formula is C18H27N3OS. The predicted molar refractivity (Wildman–Crippen MR) is 97.9 cm³/mol. The number of unbranched alkanes of at least 4 members (excludes halogenated alkanes) is 3. The van der Waals surface area contributed by atoms with Crippen LogP contribution in [0.1, 0.15) is 46.5 Å². The van der Waals surface area contributed by atoms with Gasteiger partial charge in [-0.1, -0.05) is 50.1 Å². The number of hydrogen-bond donors (Lipinski definition) is 1. The van der Waals surface area contributed by atoms with E-state index in [2.05, 4.69) is 22.9 Å². The Kier molecular flexibility index (Phi) is 6.96. The van der Waals surface area contributed by atoms with E-state index in [-0.39, 0.29) is 11.2 Å². The van der Waals surface area contributed by atoms with Gasteiger partial charge in [0.15, 0.2) is 5.16 Å². The lowest BCUT2D eigenvalue weighted by Gasteiger charge is -2.13. The van der Waals surface area contributed by atoms with Gasteiger partial charge in [0.2, 0.25) is 5.91 Å². The van der Waals surface area contributed by atoms with E-state index in [4.69, 9.17) is 4.98 Å². The standard InChI is InChI=1S/C18H27N3OS/c1-4-6-7-10-13-21-16-12-9-8-11-15(16)20-18(21)23-14(3)17(22)19-5-2/h8-9,11-12,14H,4-7,10,13H2,1-3H3,(H,19,22). The van der Waals surface area contributed by atoms with Gasteiger partial charge in [-0.25, -0.2) is 4.98 Å². The maximum atomic E-state index is 12.0. The van der Waals surface area contributed by atoms with E-state index in [9.17, 15) is 4.79 Å². The molecule has 0 fully saturated rings. The van der Waals surface area contributed by atoms with Crippen LogP contribution < -0.4 is 5.32 Å². The smallest absolute Gasteiger partial charge is 0.233 e. The maximum absolute atomic E-state index is 12.0. The molecule has 1 amide bonds. The number of para-hydroxylation sites is 2. The van der Waals surface area contributed by atoms with Gasteiger partial charge in [-0.3, -0.25) is 4.79 Å². The average molecular weight is 334 g/mol. The van der Waals surface area contributed by atoms with Gasteiger partial charge in [0.25, 0.3) is 0 Å². The molecule has 0 radical (unpaired) electrons. The van der Waals surface area contributed by atoms with E-state index < -0.39 is 0 Å². The second-order valence-electron chi connectivity index (χ2n) is 5.75. The van der Waals surface area contributed by atoms with Crippen molar-refractivity contribution in [3.8, 4) is 0 Å². The molecule has 1 aromatic carbocycles. The number of hydrogen-bond acceptors (Lipinski definition) is 3. The first-order valence-electron chi connectivity index (χ1n) is 8.57. The molecule has 5 heteroatoms. The van der Waals surface area contributed by atoms with Crippen molar-refractivity contribution in [3.63, 3.8) is 0 Å². The van der Waals surface area contributed by atoms with Crippen LogP contribution in [0.15, 0.2) is 29.4 Å². The Hall–Kier alpha value is -1.49. The van der Waals surface area contributed by atoms with E-state index in [1.54, 1.807) is 11.8 Å². The summed E-state index contributed by atoms with van der Waals surface area (Å²) in [6.07, 6.45) is 4.89. The molecule has 0 saturated carbocycles. The summed E-state index contributed by atoms with van der Waals surface area (Å²) in [4.78, 5) is 16.7. The third kappa shape index (κ3) is 4.74. The van der Waals surface area contributed by atoms with Crippen LogP contribution >= 0.6 is 11.8 Å². The first kappa shape index (κ1) is 17.9. The fourth-order valence-corrected chi connectivity index (χ4v) is 3.56. The van der Waals surface area contributed by atoms with Crippen LogP contribution in [0.3, 0.4) is 0 Å². The van der Waals surface area contributed by atoms with Gasteiger partial charge >= 0.3 is 0 Å². The number of carbonyl (C=O) groups excluding carboxylic acids is 1. The molecular weight excluding hydrogens is 306 g/mol. The van der Waals surface area contributed by atoms with Gasteiger partial charge in [-0.15, -0.1) is 0 Å². The molecule has 1 atom stereocenters. The fourth-order valence-electron chi connectivity index (χ4n) is 2.59. The number of aryl methyl sites for hydroxylation is 1. The van der Waals surface area contributed by atoms with Gasteiger partial charge in [-0.05, 0) is 32.4 Å². The number of imidazole rings is 1. The minimum Gasteiger partial charge on any atom is -0.355 e. The van der Waals surface area contributed by atoms with Crippen LogP contribution in [-0.2, 0) is 11.3 Å². The van der Waals surface area contributed by atoms with Crippen molar-refractivity contribution in [3.05, 3.63) is 24.3 Å². The van der Waals surface area contributed by atoms with E-state index in [0.717, 1.165) is 29.2 Å². The summed E-state index contributed by atoms with van der Waals surface area (Å²) in [6, 6.07) is 8.22. The number of fused-ring (bicyclic) bond motifs is 1. The lowest BCUT2D eigenvalue weighted by molar-refractivity contribution is -0.120. The normalized spacial score (nSPS) is 12.5. The van der Waals surface area contributed by atoms with E-state index in [1.807, 2.05) is 32.0 Å². The van der Waals surface area contributed by atoms with Crippen molar-refractivity contribution >= 4 is 28.7 Å². The average Bonchev–Trinajstić information content (AvgIpc) is 2.89. The molecule has 2 rings (SSSR count). The summed E-state index contributed by atoms with van der Waals surface area (Å²) in [6.45, 7) is 7.73. The summed E-state index contributed by atoms with van der Waals surface area (Å²) < 4.78 is 2.27. The Morgan fingerprint density at radius 2 is 2.04 bits per heavy atom. The Morgan fingerprint density at radius 3 is 2.78 bits per heavy atom. The monoisotopic (exact) mass is 333 g/mol. The highest BCUT2D eigenvalue weighted by Gasteiger charge is 2.18. The summed E-state index contributed by atoms with van der Waals surface area (Å²) >= 11 is 1.55. The van der Waals surface area contributed by atoms with Crippen LogP contribution in [0.25, 0.3) is 11.0 Å². The SMILES string of the molecule is CCCCCCn1c(SC(C)C(=O)NCC)nc2ccccc21. The van der Waals surface area contributed by atoms with E-state index in [0.29, 0.717) is 6.54 Å². The molecule has 2 aromatic rings. The van der Waals surface area contributed by atoms with Crippen LogP contribution in [0.4, 0.5) is 0 Å². The highest BCUT2D eigenvalue weighted by atomic mass is 32.2. The van der Waals surface area contributed by atoms with E-state index >= 15 is 0 Å². The maximum Gasteiger partial charge on any atom is 0.233 e. The van der Waals surface area contributed by atoms with Gasteiger partial charge in [0, 0.05) is 13.1 Å². The number of aromatic nitrogens is 2.